The number of rotatable bonds is 3. The molecular formula is C17H25BrN2O. The first-order valence-corrected chi connectivity index (χ1v) is 8.80. The fraction of sp³-hybridized carbons (Fsp3) is 0.647. The first-order chi connectivity index (χ1) is 10.2. The maximum Gasteiger partial charge on any atom is 0.0622 e. The Morgan fingerprint density at radius 1 is 1.43 bits per heavy atom. The van der Waals surface area contributed by atoms with Crippen LogP contribution in [0, 0.1) is 0 Å². The van der Waals surface area contributed by atoms with Gasteiger partial charge in [0.15, 0.2) is 0 Å². The highest BCUT2D eigenvalue weighted by Crippen LogP contribution is 2.36. The van der Waals surface area contributed by atoms with Crippen LogP contribution in [-0.2, 0) is 17.6 Å². The van der Waals surface area contributed by atoms with Gasteiger partial charge in [0.2, 0.25) is 0 Å². The summed E-state index contributed by atoms with van der Waals surface area (Å²) in [5, 5.41) is 0. The normalized spacial score (nSPS) is 30.1. The minimum absolute atomic E-state index is 0.116. The molecule has 1 fully saturated rings. The van der Waals surface area contributed by atoms with E-state index >= 15 is 0 Å². The first-order valence-electron chi connectivity index (χ1n) is 8.00. The van der Waals surface area contributed by atoms with Gasteiger partial charge in [0.05, 0.1) is 13.2 Å². The van der Waals surface area contributed by atoms with E-state index in [1.165, 1.54) is 15.6 Å². The van der Waals surface area contributed by atoms with Crippen LogP contribution in [-0.4, -0.2) is 42.8 Å². The fourth-order valence-electron chi connectivity index (χ4n) is 3.96. The van der Waals surface area contributed by atoms with Gasteiger partial charge in [-0.05, 0) is 48.9 Å². The summed E-state index contributed by atoms with van der Waals surface area (Å²) in [7, 11) is 0. The minimum atomic E-state index is 0.116. The van der Waals surface area contributed by atoms with Gasteiger partial charge in [-0.3, -0.25) is 4.90 Å². The number of nitrogens with zero attached hydrogens (tertiary/aromatic N) is 1. The number of hydrogen-bond acceptors (Lipinski definition) is 3. The largest absolute Gasteiger partial charge is 0.378 e. The third kappa shape index (κ3) is 2.91. The highest BCUT2D eigenvalue weighted by atomic mass is 79.9. The van der Waals surface area contributed by atoms with Crippen molar-refractivity contribution in [3.63, 3.8) is 0 Å². The van der Waals surface area contributed by atoms with E-state index in [1.54, 1.807) is 0 Å². The molecule has 2 aliphatic rings. The summed E-state index contributed by atoms with van der Waals surface area (Å²) in [4.78, 5) is 2.65. The number of morpholine rings is 1. The molecule has 1 aliphatic carbocycles. The Hall–Kier alpha value is -0.420. The van der Waals surface area contributed by atoms with Crippen molar-refractivity contribution < 1.29 is 4.74 Å². The summed E-state index contributed by atoms with van der Waals surface area (Å²) >= 11 is 3.58. The summed E-state index contributed by atoms with van der Waals surface area (Å²) in [5.41, 5.74) is 9.35. The fourth-order valence-corrected chi connectivity index (χ4v) is 4.37. The molecule has 0 saturated carbocycles. The quantitative estimate of drug-likeness (QED) is 0.908. The number of fused-ring (bicyclic) bond motifs is 1. The average molecular weight is 353 g/mol. The molecule has 2 N–H and O–H groups in total. The van der Waals surface area contributed by atoms with Crippen molar-refractivity contribution in [1.82, 2.24) is 4.90 Å². The minimum Gasteiger partial charge on any atom is -0.378 e. The molecule has 0 amide bonds. The van der Waals surface area contributed by atoms with Crippen LogP contribution in [0.2, 0.25) is 0 Å². The van der Waals surface area contributed by atoms with E-state index in [0.29, 0.717) is 6.04 Å². The van der Waals surface area contributed by atoms with Crippen molar-refractivity contribution in [3.05, 3.63) is 33.8 Å². The second kappa shape index (κ2) is 6.37. The molecular weight excluding hydrogens is 328 g/mol. The van der Waals surface area contributed by atoms with Crippen molar-refractivity contribution in [2.45, 2.75) is 44.2 Å². The Labute approximate surface area is 136 Å². The Morgan fingerprint density at radius 2 is 2.29 bits per heavy atom. The summed E-state index contributed by atoms with van der Waals surface area (Å²) in [5.74, 6) is 0. The molecule has 4 heteroatoms. The molecule has 1 aromatic rings. The van der Waals surface area contributed by atoms with Crippen LogP contribution < -0.4 is 5.73 Å². The van der Waals surface area contributed by atoms with Gasteiger partial charge in [0.25, 0.3) is 0 Å². The monoisotopic (exact) mass is 352 g/mol. The molecule has 2 atom stereocenters. The lowest BCUT2D eigenvalue weighted by molar-refractivity contribution is -0.0684. The van der Waals surface area contributed by atoms with Crippen LogP contribution >= 0.6 is 15.9 Å². The molecule has 1 heterocycles. The number of benzene rings is 1. The summed E-state index contributed by atoms with van der Waals surface area (Å²) in [6.07, 6.45) is 4.49. The summed E-state index contributed by atoms with van der Waals surface area (Å²) in [6, 6.07) is 7.21. The van der Waals surface area contributed by atoms with Crippen molar-refractivity contribution >= 4 is 15.9 Å². The Kier molecular flexibility index (Phi) is 4.69. The molecule has 0 bridgehead atoms. The van der Waals surface area contributed by atoms with Gasteiger partial charge in [-0.1, -0.05) is 28.9 Å². The van der Waals surface area contributed by atoms with E-state index in [0.717, 1.165) is 52.0 Å². The molecule has 3 nitrogen and oxygen atoms in total. The Morgan fingerprint density at radius 3 is 3.05 bits per heavy atom. The molecule has 0 radical (unpaired) electrons. The number of nitrogens with two attached hydrogens (primary N) is 1. The molecule has 2 unspecified atom stereocenters. The zero-order valence-electron chi connectivity index (χ0n) is 12.8. The molecule has 0 spiro atoms. The van der Waals surface area contributed by atoms with Crippen molar-refractivity contribution in [2.24, 2.45) is 5.73 Å². The molecule has 21 heavy (non-hydrogen) atoms. The topological polar surface area (TPSA) is 38.5 Å². The van der Waals surface area contributed by atoms with E-state index in [9.17, 15) is 0 Å². The molecule has 1 aromatic carbocycles. The van der Waals surface area contributed by atoms with Crippen molar-refractivity contribution in [1.29, 1.82) is 0 Å². The van der Waals surface area contributed by atoms with E-state index in [-0.39, 0.29) is 5.54 Å². The highest BCUT2D eigenvalue weighted by molar-refractivity contribution is 9.10. The highest BCUT2D eigenvalue weighted by Gasteiger charge is 2.42. The van der Waals surface area contributed by atoms with Crippen molar-refractivity contribution in [3.8, 4) is 0 Å². The van der Waals surface area contributed by atoms with Gasteiger partial charge >= 0.3 is 0 Å². The van der Waals surface area contributed by atoms with Crippen LogP contribution in [0.5, 0.6) is 0 Å². The van der Waals surface area contributed by atoms with Crippen LogP contribution in [0.3, 0.4) is 0 Å². The zero-order valence-corrected chi connectivity index (χ0v) is 14.4. The van der Waals surface area contributed by atoms with Gasteiger partial charge < -0.3 is 10.5 Å². The molecule has 0 aromatic heterocycles. The van der Waals surface area contributed by atoms with E-state index < -0.39 is 0 Å². The molecule has 116 valence electrons. The van der Waals surface area contributed by atoms with Gasteiger partial charge in [-0.2, -0.15) is 0 Å². The van der Waals surface area contributed by atoms with Crippen LogP contribution in [0.4, 0.5) is 0 Å². The van der Waals surface area contributed by atoms with Gasteiger partial charge in [-0.25, -0.2) is 0 Å². The molecule has 1 aliphatic heterocycles. The van der Waals surface area contributed by atoms with Crippen LogP contribution in [0.15, 0.2) is 22.7 Å². The van der Waals surface area contributed by atoms with E-state index in [2.05, 4.69) is 46.0 Å². The van der Waals surface area contributed by atoms with Crippen molar-refractivity contribution in [2.75, 3.05) is 26.3 Å². The number of halogens is 1. The Balaban J connectivity index is 1.89. The number of ether oxygens (including phenoxy) is 1. The lowest BCUT2D eigenvalue weighted by Crippen LogP contribution is -2.63. The predicted octanol–water partition coefficient (Wildman–Crippen LogP) is 2.75. The van der Waals surface area contributed by atoms with Crippen LogP contribution in [0.25, 0.3) is 0 Å². The lowest BCUT2D eigenvalue weighted by Gasteiger charge is -2.51. The number of hydrogen-bond donors (Lipinski definition) is 1. The zero-order chi connectivity index (χ0) is 14.9. The predicted molar refractivity (Wildman–Crippen MR) is 89.6 cm³/mol. The van der Waals surface area contributed by atoms with Crippen LogP contribution in [0.1, 0.15) is 30.9 Å². The maximum atomic E-state index is 6.28. The van der Waals surface area contributed by atoms with Gasteiger partial charge in [0.1, 0.15) is 0 Å². The average Bonchev–Trinajstić information content (AvgIpc) is 2.54. The third-order valence-electron chi connectivity index (χ3n) is 5.24. The lowest BCUT2D eigenvalue weighted by atomic mass is 9.76. The maximum absolute atomic E-state index is 6.28. The smallest absolute Gasteiger partial charge is 0.0622 e. The van der Waals surface area contributed by atoms with Gasteiger partial charge in [0, 0.05) is 29.1 Å². The first kappa shape index (κ1) is 15.5. The number of aryl methyl sites for hydroxylation is 1. The molecule has 3 rings (SSSR count). The summed E-state index contributed by atoms with van der Waals surface area (Å²) in [6.45, 7) is 5.70. The second-order valence-corrected chi connectivity index (χ2v) is 7.26. The standard InChI is InChI=1S/C17H25BrN2O/c1-2-16-11-21-8-7-20(16)17(12-19)6-5-13-9-15(18)4-3-14(13)10-17/h3-4,9,16H,2,5-8,10-12,19H2,1H3. The van der Waals surface area contributed by atoms with E-state index in [4.69, 9.17) is 10.5 Å². The Bertz CT molecular complexity index is 508. The second-order valence-electron chi connectivity index (χ2n) is 6.35. The third-order valence-corrected chi connectivity index (χ3v) is 5.73. The SMILES string of the molecule is CCC1COCCN1C1(CN)CCc2cc(Br)ccc2C1. The van der Waals surface area contributed by atoms with Gasteiger partial charge in [-0.15, -0.1) is 0 Å². The van der Waals surface area contributed by atoms with E-state index in [1.807, 2.05) is 0 Å². The summed E-state index contributed by atoms with van der Waals surface area (Å²) < 4.78 is 6.86. The molecule has 1 saturated heterocycles.